The highest BCUT2D eigenvalue weighted by Crippen LogP contribution is 2.32. The number of likely N-dealkylation sites (N-methyl/N-ethyl adjacent to an activating group) is 1. The molecule has 2 unspecified atom stereocenters. The topological polar surface area (TPSA) is 30.5 Å². The third-order valence-corrected chi connectivity index (χ3v) is 4.30. The van der Waals surface area contributed by atoms with Crippen LogP contribution in [0, 0.1) is 5.82 Å². The van der Waals surface area contributed by atoms with E-state index in [2.05, 4.69) is 21.2 Å². The molecule has 0 spiro atoms. The number of hydrogen-bond donors (Lipinski definition) is 1. The fourth-order valence-electron chi connectivity index (χ4n) is 2.14. The van der Waals surface area contributed by atoms with Crippen molar-refractivity contribution < 1.29 is 13.9 Å². The Hall–Kier alpha value is -0.200. The molecule has 1 aromatic rings. The Bertz CT molecular complexity index is 441. The predicted octanol–water partition coefficient (Wildman–Crippen LogP) is 3.31. The van der Waals surface area contributed by atoms with E-state index in [1.165, 1.54) is 0 Å². The van der Waals surface area contributed by atoms with Crippen LogP contribution in [0.5, 0.6) is 0 Å². The number of benzene rings is 1. The Labute approximate surface area is 125 Å². The lowest BCUT2D eigenvalue weighted by atomic mass is 10.0. The van der Waals surface area contributed by atoms with E-state index in [-0.39, 0.29) is 17.2 Å². The number of halogens is 3. The lowest BCUT2D eigenvalue weighted by molar-refractivity contribution is -0.102. The number of ether oxygens (including phenoxy) is 2. The zero-order valence-corrected chi connectivity index (χ0v) is 12.9. The molecule has 1 saturated heterocycles. The van der Waals surface area contributed by atoms with Crippen LogP contribution < -0.4 is 5.32 Å². The molecule has 0 aromatic heterocycles. The largest absolute Gasteiger partial charge is 0.376 e. The molecular formula is C13H16BrClFNO2. The second-order valence-electron chi connectivity index (χ2n) is 4.28. The average Bonchev–Trinajstić information content (AvgIpc) is 2.44. The molecule has 0 radical (unpaired) electrons. The van der Waals surface area contributed by atoms with Gasteiger partial charge in [0, 0.05) is 10.0 Å². The molecule has 1 aromatic carbocycles. The van der Waals surface area contributed by atoms with Crippen molar-refractivity contribution in [2.24, 2.45) is 0 Å². The van der Waals surface area contributed by atoms with Gasteiger partial charge in [-0.25, -0.2) is 4.39 Å². The molecule has 1 aliphatic heterocycles. The van der Waals surface area contributed by atoms with E-state index >= 15 is 0 Å². The van der Waals surface area contributed by atoms with Crippen LogP contribution in [0.4, 0.5) is 4.39 Å². The zero-order chi connectivity index (χ0) is 13.8. The van der Waals surface area contributed by atoms with Crippen LogP contribution >= 0.6 is 27.5 Å². The summed E-state index contributed by atoms with van der Waals surface area (Å²) < 4.78 is 25.9. The van der Waals surface area contributed by atoms with Crippen LogP contribution in [-0.4, -0.2) is 32.5 Å². The second-order valence-corrected chi connectivity index (χ2v) is 5.52. The Morgan fingerprint density at radius 1 is 1.53 bits per heavy atom. The van der Waals surface area contributed by atoms with E-state index in [1.807, 2.05) is 6.92 Å². The van der Waals surface area contributed by atoms with Crippen molar-refractivity contribution in [3.8, 4) is 0 Å². The van der Waals surface area contributed by atoms with Gasteiger partial charge in [0.05, 0.1) is 30.9 Å². The van der Waals surface area contributed by atoms with Gasteiger partial charge in [0.25, 0.3) is 0 Å². The molecule has 0 bridgehead atoms. The molecule has 3 nitrogen and oxygen atoms in total. The molecule has 2 rings (SSSR count). The SMILES string of the molecule is CCNC(c1ccc(Br)c(Cl)c1F)C1COCCO1. The van der Waals surface area contributed by atoms with Gasteiger partial charge in [0.15, 0.2) is 0 Å². The number of rotatable bonds is 4. The van der Waals surface area contributed by atoms with Crippen molar-refractivity contribution in [1.29, 1.82) is 0 Å². The maximum absolute atomic E-state index is 14.3. The highest BCUT2D eigenvalue weighted by Gasteiger charge is 2.29. The Morgan fingerprint density at radius 2 is 2.32 bits per heavy atom. The summed E-state index contributed by atoms with van der Waals surface area (Å²) in [7, 11) is 0. The first-order valence-corrected chi connectivity index (χ1v) is 7.38. The molecule has 1 aliphatic rings. The summed E-state index contributed by atoms with van der Waals surface area (Å²) in [5, 5.41) is 3.33. The van der Waals surface area contributed by atoms with Gasteiger partial charge in [-0.1, -0.05) is 24.6 Å². The van der Waals surface area contributed by atoms with Gasteiger partial charge in [-0.2, -0.15) is 0 Å². The smallest absolute Gasteiger partial charge is 0.147 e. The summed E-state index contributed by atoms with van der Waals surface area (Å²) >= 11 is 9.16. The minimum Gasteiger partial charge on any atom is -0.376 e. The van der Waals surface area contributed by atoms with Crippen LogP contribution in [0.2, 0.25) is 5.02 Å². The molecule has 2 atom stereocenters. The number of nitrogens with one attached hydrogen (secondary N) is 1. The predicted molar refractivity (Wildman–Crippen MR) is 76.1 cm³/mol. The maximum atomic E-state index is 14.3. The molecular weight excluding hydrogens is 337 g/mol. The lowest BCUT2D eigenvalue weighted by Crippen LogP contribution is -2.41. The first-order valence-electron chi connectivity index (χ1n) is 6.21. The van der Waals surface area contributed by atoms with Crippen molar-refractivity contribution in [3.63, 3.8) is 0 Å². The van der Waals surface area contributed by atoms with Crippen LogP contribution in [-0.2, 0) is 9.47 Å². The fourth-order valence-corrected chi connectivity index (χ4v) is 2.62. The van der Waals surface area contributed by atoms with E-state index in [4.69, 9.17) is 21.1 Å². The molecule has 1 heterocycles. The van der Waals surface area contributed by atoms with E-state index < -0.39 is 5.82 Å². The van der Waals surface area contributed by atoms with Crippen molar-refractivity contribution in [2.45, 2.75) is 19.1 Å². The fraction of sp³-hybridized carbons (Fsp3) is 0.538. The Morgan fingerprint density at radius 3 is 2.95 bits per heavy atom. The quantitative estimate of drug-likeness (QED) is 0.843. The molecule has 1 N–H and O–H groups in total. The van der Waals surface area contributed by atoms with Gasteiger partial charge in [0.1, 0.15) is 11.9 Å². The van der Waals surface area contributed by atoms with Gasteiger partial charge in [0.2, 0.25) is 0 Å². The van der Waals surface area contributed by atoms with Crippen molar-refractivity contribution in [3.05, 3.63) is 33.0 Å². The van der Waals surface area contributed by atoms with Crippen LogP contribution in [0.25, 0.3) is 0 Å². The first kappa shape index (κ1) is 15.2. The van der Waals surface area contributed by atoms with Gasteiger partial charge in [-0.05, 0) is 28.5 Å². The van der Waals surface area contributed by atoms with E-state index in [0.29, 0.717) is 36.4 Å². The average molecular weight is 353 g/mol. The van der Waals surface area contributed by atoms with Crippen molar-refractivity contribution in [2.75, 3.05) is 26.4 Å². The van der Waals surface area contributed by atoms with Crippen molar-refractivity contribution in [1.82, 2.24) is 5.32 Å². The Balaban J connectivity index is 2.30. The molecule has 1 fully saturated rings. The summed E-state index contributed by atoms with van der Waals surface area (Å²) in [6, 6.07) is 3.20. The molecule has 0 aliphatic carbocycles. The van der Waals surface area contributed by atoms with Crippen LogP contribution in [0.15, 0.2) is 16.6 Å². The molecule has 19 heavy (non-hydrogen) atoms. The van der Waals surface area contributed by atoms with Crippen molar-refractivity contribution >= 4 is 27.5 Å². The third-order valence-electron chi connectivity index (χ3n) is 3.04. The molecule has 106 valence electrons. The summed E-state index contributed by atoms with van der Waals surface area (Å²) in [4.78, 5) is 0. The monoisotopic (exact) mass is 351 g/mol. The molecule has 6 heteroatoms. The summed E-state index contributed by atoms with van der Waals surface area (Å²) in [6.07, 6.45) is -0.208. The molecule has 0 amide bonds. The van der Waals surface area contributed by atoms with E-state index in [0.717, 1.165) is 0 Å². The first-order chi connectivity index (χ1) is 9.15. The second kappa shape index (κ2) is 6.99. The van der Waals surface area contributed by atoms with Gasteiger partial charge < -0.3 is 14.8 Å². The van der Waals surface area contributed by atoms with Gasteiger partial charge >= 0.3 is 0 Å². The maximum Gasteiger partial charge on any atom is 0.147 e. The lowest BCUT2D eigenvalue weighted by Gasteiger charge is -2.31. The van der Waals surface area contributed by atoms with Gasteiger partial charge in [-0.3, -0.25) is 0 Å². The third kappa shape index (κ3) is 3.47. The summed E-state index contributed by atoms with van der Waals surface area (Å²) in [5.41, 5.74) is 0.505. The van der Waals surface area contributed by atoms with Crippen LogP contribution in [0.1, 0.15) is 18.5 Å². The molecule has 0 saturated carbocycles. The van der Waals surface area contributed by atoms with Gasteiger partial charge in [-0.15, -0.1) is 0 Å². The zero-order valence-electron chi connectivity index (χ0n) is 10.6. The highest BCUT2D eigenvalue weighted by atomic mass is 79.9. The van der Waals surface area contributed by atoms with E-state index in [1.54, 1.807) is 12.1 Å². The van der Waals surface area contributed by atoms with Crippen LogP contribution in [0.3, 0.4) is 0 Å². The Kier molecular flexibility index (Phi) is 5.59. The summed E-state index contributed by atoms with van der Waals surface area (Å²) in [6.45, 7) is 4.23. The number of hydrogen-bond acceptors (Lipinski definition) is 3. The summed E-state index contributed by atoms with van der Waals surface area (Å²) in [5.74, 6) is -0.420. The minimum atomic E-state index is -0.420. The minimum absolute atomic E-state index is 0.0946. The highest BCUT2D eigenvalue weighted by molar-refractivity contribution is 9.10. The normalized spacial score (nSPS) is 21.4. The standard InChI is InChI=1S/C13H16BrClFNO2/c1-2-17-13(10-7-18-5-6-19-10)8-3-4-9(14)11(15)12(8)16/h3-4,10,13,17H,2,5-7H2,1H3. The van der Waals surface area contributed by atoms with E-state index in [9.17, 15) is 4.39 Å².